The van der Waals surface area contributed by atoms with Crippen molar-refractivity contribution in [1.29, 1.82) is 0 Å². The molecule has 0 spiro atoms. The van der Waals surface area contributed by atoms with Crippen LogP contribution in [0.15, 0.2) is 72.8 Å². The smallest absolute Gasteiger partial charge is 0.251 e. The lowest BCUT2D eigenvalue weighted by molar-refractivity contribution is -0.120. The Labute approximate surface area is 191 Å². The Kier molecular flexibility index (Phi) is 5.33. The Morgan fingerprint density at radius 2 is 1.84 bits per heavy atom. The summed E-state index contributed by atoms with van der Waals surface area (Å²) >= 11 is 5.99. The van der Waals surface area contributed by atoms with Crippen LogP contribution < -0.4 is 21.1 Å². The lowest BCUT2D eigenvalue weighted by Gasteiger charge is -2.27. The molecule has 0 saturated carbocycles. The maximum atomic E-state index is 13.1. The zero-order valence-corrected chi connectivity index (χ0v) is 18.3. The Bertz CT molecular complexity index is 1170. The second kappa shape index (κ2) is 8.30. The van der Waals surface area contributed by atoms with E-state index in [0.29, 0.717) is 17.1 Å². The molecule has 32 heavy (non-hydrogen) atoms. The number of carbonyl (C=O) groups is 2. The molecule has 2 amide bonds. The van der Waals surface area contributed by atoms with E-state index < -0.39 is 0 Å². The van der Waals surface area contributed by atoms with E-state index in [1.807, 2.05) is 67.6 Å². The van der Waals surface area contributed by atoms with Gasteiger partial charge in [0.25, 0.3) is 5.91 Å². The molecule has 0 radical (unpaired) electrons. The van der Waals surface area contributed by atoms with Gasteiger partial charge in [0.2, 0.25) is 5.91 Å². The first-order valence-electron chi connectivity index (χ1n) is 10.6. The van der Waals surface area contributed by atoms with Crippen LogP contribution in [0.3, 0.4) is 0 Å². The van der Waals surface area contributed by atoms with Gasteiger partial charge in [-0.3, -0.25) is 9.59 Å². The summed E-state index contributed by atoms with van der Waals surface area (Å²) in [7, 11) is 0. The normalized spacial score (nSPS) is 20.2. The number of carbonyl (C=O) groups excluding carboxylic acids is 2. The highest BCUT2D eigenvalue weighted by atomic mass is 35.5. The zero-order valence-electron chi connectivity index (χ0n) is 17.5. The van der Waals surface area contributed by atoms with Gasteiger partial charge in [-0.15, -0.1) is 0 Å². The van der Waals surface area contributed by atoms with E-state index in [1.54, 1.807) is 17.1 Å². The van der Waals surface area contributed by atoms with E-state index in [1.165, 1.54) is 0 Å². The maximum absolute atomic E-state index is 13.1. The van der Waals surface area contributed by atoms with E-state index in [4.69, 9.17) is 11.6 Å². The molecule has 6 nitrogen and oxygen atoms in total. The number of halogens is 1. The van der Waals surface area contributed by atoms with Crippen LogP contribution in [0.5, 0.6) is 0 Å². The van der Waals surface area contributed by atoms with Gasteiger partial charge in [-0.05, 0) is 60.5 Å². The fourth-order valence-electron chi connectivity index (χ4n) is 4.33. The van der Waals surface area contributed by atoms with E-state index in [9.17, 15) is 9.59 Å². The molecule has 0 aliphatic carbocycles. The van der Waals surface area contributed by atoms with Crippen molar-refractivity contribution in [2.24, 2.45) is 5.92 Å². The summed E-state index contributed by atoms with van der Waals surface area (Å²) in [5, 5.41) is 8.59. The number of hydrogen-bond donors (Lipinski definition) is 3. The Hall–Kier alpha value is -3.35. The van der Waals surface area contributed by atoms with Gasteiger partial charge in [0.15, 0.2) is 0 Å². The minimum absolute atomic E-state index is 0.0111. The average Bonchev–Trinajstić information content (AvgIpc) is 3.16. The highest BCUT2D eigenvalue weighted by Gasteiger charge is 2.44. The van der Waals surface area contributed by atoms with Crippen molar-refractivity contribution in [3.63, 3.8) is 0 Å². The Morgan fingerprint density at radius 3 is 2.59 bits per heavy atom. The second-order valence-corrected chi connectivity index (χ2v) is 8.59. The van der Waals surface area contributed by atoms with Crippen molar-refractivity contribution in [2.75, 3.05) is 16.9 Å². The van der Waals surface area contributed by atoms with Crippen LogP contribution >= 0.6 is 11.6 Å². The summed E-state index contributed by atoms with van der Waals surface area (Å²) in [5.41, 5.74) is 7.52. The van der Waals surface area contributed by atoms with Gasteiger partial charge in [0, 0.05) is 22.8 Å². The lowest BCUT2D eigenvalue weighted by atomic mass is 9.88. The molecule has 0 aromatic heterocycles. The third kappa shape index (κ3) is 3.72. The van der Waals surface area contributed by atoms with Crippen molar-refractivity contribution in [2.45, 2.75) is 19.0 Å². The van der Waals surface area contributed by atoms with Crippen LogP contribution in [0, 0.1) is 5.92 Å². The second-order valence-electron chi connectivity index (χ2n) is 8.15. The first kappa shape index (κ1) is 20.5. The van der Waals surface area contributed by atoms with Crippen molar-refractivity contribution < 1.29 is 9.59 Å². The standard InChI is InChI=1S/C25H23ClN4O2/c1-15(16-5-3-2-4-6-16)28-24(31)17-7-12-22-20(13-17)23-21(14-27-22)25(32)30(29-23)19-10-8-18(26)9-11-19/h2-13,15,21,23,27,29H,14H2,1H3,(H,28,31). The first-order chi connectivity index (χ1) is 15.5. The average molecular weight is 447 g/mol. The zero-order chi connectivity index (χ0) is 22.2. The van der Waals surface area contributed by atoms with E-state index in [2.05, 4.69) is 16.1 Å². The number of fused-ring (bicyclic) bond motifs is 3. The van der Waals surface area contributed by atoms with Crippen LogP contribution in [0.1, 0.15) is 40.5 Å². The van der Waals surface area contributed by atoms with Crippen molar-refractivity contribution in [3.05, 3.63) is 94.5 Å². The molecule has 2 heterocycles. The third-order valence-electron chi connectivity index (χ3n) is 6.10. The molecule has 2 aliphatic rings. The third-order valence-corrected chi connectivity index (χ3v) is 6.35. The minimum Gasteiger partial charge on any atom is -0.384 e. The minimum atomic E-state index is -0.264. The summed E-state index contributed by atoms with van der Waals surface area (Å²) in [4.78, 5) is 26.0. The Balaban J connectivity index is 1.39. The SMILES string of the molecule is CC(NC(=O)c1ccc2c(c1)C1NN(c3ccc(Cl)cc3)C(=O)C1CN2)c1ccccc1. The summed E-state index contributed by atoms with van der Waals surface area (Å²) in [6.45, 7) is 2.49. The first-order valence-corrected chi connectivity index (χ1v) is 11.0. The number of hydrazine groups is 1. The summed E-state index contributed by atoms with van der Waals surface area (Å²) in [5.74, 6) is -0.423. The summed E-state index contributed by atoms with van der Waals surface area (Å²) in [6.07, 6.45) is 0. The van der Waals surface area contributed by atoms with E-state index in [0.717, 1.165) is 22.5 Å². The van der Waals surface area contributed by atoms with Crippen molar-refractivity contribution in [3.8, 4) is 0 Å². The molecule has 3 aromatic carbocycles. The topological polar surface area (TPSA) is 73.5 Å². The fraction of sp³-hybridized carbons (Fsp3) is 0.200. The molecule has 1 fully saturated rings. The lowest BCUT2D eigenvalue weighted by Crippen LogP contribution is -2.35. The van der Waals surface area contributed by atoms with Crippen molar-refractivity contribution >= 4 is 34.8 Å². The van der Waals surface area contributed by atoms with Gasteiger partial charge >= 0.3 is 0 Å². The number of hydrogen-bond acceptors (Lipinski definition) is 4. The molecule has 3 atom stereocenters. The van der Waals surface area contributed by atoms with Gasteiger partial charge in [-0.25, -0.2) is 10.4 Å². The predicted octanol–water partition coefficient (Wildman–Crippen LogP) is 4.47. The molecular weight excluding hydrogens is 424 g/mol. The molecular formula is C25H23ClN4O2. The quantitative estimate of drug-likeness (QED) is 0.553. The largest absolute Gasteiger partial charge is 0.384 e. The summed E-state index contributed by atoms with van der Waals surface area (Å²) in [6, 6.07) is 22.3. The van der Waals surface area contributed by atoms with Gasteiger partial charge in [0.05, 0.1) is 23.7 Å². The fourth-order valence-corrected chi connectivity index (χ4v) is 4.46. The molecule has 3 N–H and O–H groups in total. The highest BCUT2D eigenvalue weighted by molar-refractivity contribution is 6.30. The van der Waals surface area contributed by atoms with Crippen LogP contribution in [-0.2, 0) is 4.79 Å². The number of benzene rings is 3. The van der Waals surface area contributed by atoms with Gasteiger partial charge in [-0.2, -0.15) is 0 Å². The van der Waals surface area contributed by atoms with Crippen LogP contribution in [0.2, 0.25) is 5.02 Å². The molecule has 5 rings (SSSR count). The van der Waals surface area contributed by atoms with Crippen LogP contribution in [0.25, 0.3) is 0 Å². The molecule has 2 aliphatic heterocycles. The van der Waals surface area contributed by atoms with Crippen LogP contribution in [-0.4, -0.2) is 18.4 Å². The molecule has 3 aromatic rings. The molecule has 0 bridgehead atoms. The maximum Gasteiger partial charge on any atom is 0.251 e. The molecule has 7 heteroatoms. The van der Waals surface area contributed by atoms with Crippen LogP contribution in [0.4, 0.5) is 11.4 Å². The number of anilines is 2. The number of nitrogens with zero attached hydrogens (tertiary/aromatic N) is 1. The van der Waals surface area contributed by atoms with Gasteiger partial charge < -0.3 is 10.6 Å². The van der Waals surface area contributed by atoms with E-state index >= 15 is 0 Å². The molecule has 162 valence electrons. The molecule has 1 saturated heterocycles. The predicted molar refractivity (Wildman–Crippen MR) is 126 cm³/mol. The number of nitrogens with one attached hydrogen (secondary N) is 3. The monoisotopic (exact) mass is 446 g/mol. The van der Waals surface area contributed by atoms with Crippen molar-refractivity contribution in [1.82, 2.24) is 10.7 Å². The van der Waals surface area contributed by atoms with Gasteiger partial charge in [0.1, 0.15) is 0 Å². The molecule has 3 unspecified atom stereocenters. The highest BCUT2D eigenvalue weighted by Crippen LogP contribution is 2.40. The number of rotatable bonds is 4. The van der Waals surface area contributed by atoms with Gasteiger partial charge in [-0.1, -0.05) is 41.9 Å². The summed E-state index contributed by atoms with van der Waals surface area (Å²) < 4.78 is 0. The van der Waals surface area contributed by atoms with E-state index in [-0.39, 0.29) is 29.8 Å². The Morgan fingerprint density at radius 1 is 1.09 bits per heavy atom. The number of amides is 2.